The van der Waals surface area contributed by atoms with Gasteiger partial charge in [-0.15, -0.1) is 0 Å². The quantitative estimate of drug-likeness (QED) is 0.724. The van der Waals surface area contributed by atoms with Crippen LogP contribution < -0.4 is 4.74 Å². The largest absolute Gasteiger partial charge is 0.482 e. The maximum Gasteiger partial charge on any atom is 0.343 e. The van der Waals surface area contributed by atoms with Crippen LogP contribution in [0.25, 0.3) is 0 Å². The molecule has 76 valence electrons. The molecular weight excluding hydrogens is 204 g/mol. The van der Waals surface area contributed by atoms with E-state index in [1.165, 1.54) is 7.11 Å². The van der Waals surface area contributed by atoms with Crippen LogP contribution in [-0.2, 0) is 9.53 Å². The summed E-state index contributed by atoms with van der Waals surface area (Å²) in [5, 5.41) is 0.676. The second-order valence-electron chi connectivity index (χ2n) is 2.78. The van der Waals surface area contributed by atoms with E-state index in [1.807, 2.05) is 6.92 Å². The third-order valence-electron chi connectivity index (χ3n) is 1.71. The van der Waals surface area contributed by atoms with Gasteiger partial charge in [0.05, 0.1) is 7.11 Å². The zero-order chi connectivity index (χ0) is 10.6. The first-order chi connectivity index (χ1) is 6.63. The summed E-state index contributed by atoms with van der Waals surface area (Å²) in [6, 6.07) is 5.20. The van der Waals surface area contributed by atoms with E-state index < -0.39 is 5.97 Å². The van der Waals surface area contributed by atoms with Crippen molar-refractivity contribution in [3.8, 4) is 5.75 Å². The number of benzene rings is 1. The lowest BCUT2D eigenvalue weighted by Gasteiger charge is -2.05. The van der Waals surface area contributed by atoms with Gasteiger partial charge >= 0.3 is 5.97 Å². The Bertz CT molecular complexity index is 336. The van der Waals surface area contributed by atoms with Gasteiger partial charge in [0, 0.05) is 5.02 Å². The minimum atomic E-state index is -0.405. The molecule has 0 amide bonds. The molecule has 1 aromatic rings. The van der Waals surface area contributed by atoms with Gasteiger partial charge in [-0.1, -0.05) is 11.6 Å². The van der Waals surface area contributed by atoms with E-state index in [4.69, 9.17) is 16.3 Å². The molecule has 0 fully saturated rings. The summed E-state index contributed by atoms with van der Waals surface area (Å²) in [7, 11) is 1.32. The van der Waals surface area contributed by atoms with Crippen LogP contribution in [0.2, 0.25) is 5.02 Å². The standard InChI is InChI=1S/C10H11ClO3/c1-7-5-8(3-4-9(7)11)14-6-10(12)13-2/h3-5H,6H2,1-2H3. The zero-order valence-corrected chi connectivity index (χ0v) is 8.80. The van der Waals surface area contributed by atoms with Crippen LogP contribution in [0, 0.1) is 6.92 Å². The molecule has 0 heterocycles. The molecule has 0 radical (unpaired) electrons. The summed E-state index contributed by atoms with van der Waals surface area (Å²) in [5.74, 6) is 0.204. The molecule has 3 nitrogen and oxygen atoms in total. The summed E-state index contributed by atoms with van der Waals surface area (Å²) in [6.45, 7) is 1.78. The number of methoxy groups -OCH3 is 1. The Balaban J connectivity index is 2.60. The fourth-order valence-corrected chi connectivity index (χ4v) is 1.03. The van der Waals surface area contributed by atoms with Crippen LogP contribution in [0.15, 0.2) is 18.2 Å². The number of halogens is 1. The summed E-state index contributed by atoms with van der Waals surface area (Å²) in [5.41, 5.74) is 0.911. The topological polar surface area (TPSA) is 35.5 Å². The number of esters is 1. The van der Waals surface area contributed by atoms with E-state index in [0.717, 1.165) is 5.56 Å². The van der Waals surface area contributed by atoms with Gasteiger partial charge in [-0.2, -0.15) is 0 Å². The number of aryl methyl sites for hydroxylation is 1. The highest BCUT2D eigenvalue weighted by molar-refractivity contribution is 6.31. The van der Waals surface area contributed by atoms with Gasteiger partial charge in [-0.3, -0.25) is 0 Å². The fourth-order valence-electron chi connectivity index (χ4n) is 0.908. The molecule has 4 heteroatoms. The Kier molecular flexibility index (Phi) is 3.77. The number of hydrogen-bond donors (Lipinski definition) is 0. The van der Waals surface area contributed by atoms with Crippen molar-refractivity contribution in [2.24, 2.45) is 0 Å². The third-order valence-corrected chi connectivity index (χ3v) is 2.14. The summed E-state index contributed by atoms with van der Waals surface area (Å²) < 4.78 is 9.60. The average Bonchev–Trinajstić information content (AvgIpc) is 2.19. The SMILES string of the molecule is COC(=O)COc1ccc(Cl)c(C)c1. The zero-order valence-electron chi connectivity index (χ0n) is 8.04. The predicted molar refractivity (Wildman–Crippen MR) is 53.7 cm³/mol. The van der Waals surface area contributed by atoms with E-state index in [9.17, 15) is 4.79 Å². The lowest BCUT2D eigenvalue weighted by molar-refractivity contribution is -0.142. The minimum absolute atomic E-state index is 0.0857. The number of carbonyl (C=O) groups excluding carboxylic acids is 1. The van der Waals surface area contributed by atoms with E-state index >= 15 is 0 Å². The lowest BCUT2D eigenvalue weighted by atomic mass is 10.2. The van der Waals surface area contributed by atoms with Crippen molar-refractivity contribution in [2.45, 2.75) is 6.92 Å². The Morgan fingerprint density at radius 1 is 1.50 bits per heavy atom. The molecule has 0 atom stereocenters. The molecule has 0 spiro atoms. The maximum absolute atomic E-state index is 10.8. The number of ether oxygens (including phenoxy) is 2. The van der Waals surface area contributed by atoms with Crippen molar-refractivity contribution < 1.29 is 14.3 Å². The summed E-state index contributed by atoms with van der Waals surface area (Å²) >= 11 is 5.82. The van der Waals surface area contributed by atoms with Crippen LogP contribution in [0.5, 0.6) is 5.75 Å². The molecule has 14 heavy (non-hydrogen) atoms. The molecule has 0 unspecified atom stereocenters. The van der Waals surface area contributed by atoms with Crippen molar-refractivity contribution in [1.82, 2.24) is 0 Å². The fraction of sp³-hybridized carbons (Fsp3) is 0.300. The highest BCUT2D eigenvalue weighted by Crippen LogP contribution is 2.20. The van der Waals surface area contributed by atoms with Gasteiger partial charge in [0.25, 0.3) is 0 Å². The Morgan fingerprint density at radius 2 is 2.21 bits per heavy atom. The first-order valence-corrected chi connectivity index (χ1v) is 4.47. The van der Waals surface area contributed by atoms with Crippen LogP contribution in [0.4, 0.5) is 0 Å². The summed E-state index contributed by atoms with van der Waals surface area (Å²) in [6.07, 6.45) is 0. The Labute approximate surface area is 87.6 Å². The molecule has 1 rings (SSSR count). The summed E-state index contributed by atoms with van der Waals surface area (Å²) in [4.78, 5) is 10.8. The van der Waals surface area contributed by atoms with Gasteiger partial charge in [0.1, 0.15) is 5.75 Å². The molecule has 0 saturated carbocycles. The lowest BCUT2D eigenvalue weighted by Crippen LogP contribution is -2.12. The second kappa shape index (κ2) is 4.86. The van der Waals surface area contributed by atoms with Crippen LogP contribution >= 0.6 is 11.6 Å². The van der Waals surface area contributed by atoms with Crippen LogP contribution in [0.3, 0.4) is 0 Å². The second-order valence-corrected chi connectivity index (χ2v) is 3.18. The molecule has 0 aliphatic carbocycles. The molecule has 0 aliphatic rings. The molecule has 0 aromatic heterocycles. The Hall–Kier alpha value is -1.22. The maximum atomic E-state index is 10.8. The Morgan fingerprint density at radius 3 is 2.79 bits per heavy atom. The van der Waals surface area contributed by atoms with Crippen LogP contribution in [-0.4, -0.2) is 19.7 Å². The van der Waals surface area contributed by atoms with E-state index in [1.54, 1.807) is 18.2 Å². The van der Waals surface area contributed by atoms with Gasteiger partial charge < -0.3 is 9.47 Å². The number of carbonyl (C=O) groups is 1. The van der Waals surface area contributed by atoms with Crippen molar-refractivity contribution in [3.63, 3.8) is 0 Å². The van der Waals surface area contributed by atoms with E-state index in [-0.39, 0.29) is 6.61 Å². The van der Waals surface area contributed by atoms with Crippen molar-refractivity contribution in [3.05, 3.63) is 28.8 Å². The van der Waals surface area contributed by atoms with Crippen molar-refractivity contribution >= 4 is 17.6 Å². The number of hydrogen-bond acceptors (Lipinski definition) is 3. The van der Waals surface area contributed by atoms with Crippen LogP contribution in [0.1, 0.15) is 5.56 Å². The van der Waals surface area contributed by atoms with Gasteiger partial charge in [-0.05, 0) is 30.7 Å². The van der Waals surface area contributed by atoms with Gasteiger partial charge in [-0.25, -0.2) is 4.79 Å². The van der Waals surface area contributed by atoms with Crippen molar-refractivity contribution in [2.75, 3.05) is 13.7 Å². The number of rotatable bonds is 3. The normalized spacial score (nSPS) is 9.64. The van der Waals surface area contributed by atoms with Crippen molar-refractivity contribution in [1.29, 1.82) is 0 Å². The molecule has 0 bridgehead atoms. The first kappa shape index (κ1) is 10.9. The highest BCUT2D eigenvalue weighted by atomic mass is 35.5. The highest BCUT2D eigenvalue weighted by Gasteiger charge is 2.02. The predicted octanol–water partition coefficient (Wildman–Crippen LogP) is 2.20. The third kappa shape index (κ3) is 2.92. The molecular formula is C10H11ClO3. The molecule has 0 saturated heterocycles. The minimum Gasteiger partial charge on any atom is -0.482 e. The van der Waals surface area contributed by atoms with E-state index in [2.05, 4.69) is 4.74 Å². The smallest absolute Gasteiger partial charge is 0.343 e. The molecule has 0 aliphatic heterocycles. The molecule has 0 N–H and O–H groups in total. The van der Waals surface area contributed by atoms with E-state index in [0.29, 0.717) is 10.8 Å². The van der Waals surface area contributed by atoms with Gasteiger partial charge in [0.15, 0.2) is 6.61 Å². The molecule has 1 aromatic carbocycles. The monoisotopic (exact) mass is 214 g/mol. The average molecular weight is 215 g/mol. The first-order valence-electron chi connectivity index (χ1n) is 4.09. The van der Waals surface area contributed by atoms with Gasteiger partial charge in [0.2, 0.25) is 0 Å².